The number of nitrogens with one attached hydrogen (secondary N) is 2. The van der Waals surface area contributed by atoms with Gasteiger partial charge in [-0.05, 0) is 36.8 Å². The second kappa shape index (κ2) is 9.93. The molecule has 1 aromatic heterocycles. The molecule has 2 heterocycles. The fourth-order valence-electron chi connectivity index (χ4n) is 3.95. The van der Waals surface area contributed by atoms with Crippen molar-refractivity contribution in [3.63, 3.8) is 0 Å². The number of rotatable bonds is 6. The lowest BCUT2D eigenvalue weighted by Gasteiger charge is -2.28. The molecular formula is C26H21ClFN5OS. The molecule has 1 aliphatic rings. The molecule has 0 bridgehead atoms. The number of thioether (sulfide) groups is 1. The number of para-hydroxylation sites is 1. The van der Waals surface area contributed by atoms with E-state index in [1.165, 1.54) is 17.8 Å². The van der Waals surface area contributed by atoms with Crippen molar-refractivity contribution >= 4 is 40.9 Å². The van der Waals surface area contributed by atoms with Crippen LogP contribution in [0, 0.1) is 5.82 Å². The van der Waals surface area contributed by atoms with Crippen LogP contribution in [0.25, 0.3) is 0 Å². The summed E-state index contributed by atoms with van der Waals surface area (Å²) in [6.07, 6.45) is 0. The minimum Gasteiger partial charge on any atom is -0.328 e. The third kappa shape index (κ3) is 4.80. The highest BCUT2D eigenvalue weighted by molar-refractivity contribution is 7.98. The zero-order valence-electron chi connectivity index (χ0n) is 18.7. The number of nitrogens with zero attached hydrogens (tertiary/aromatic N) is 3. The summed E-state index contributed by atoms with van der Waals surface area (Å²) >= 11 is 7.70. The Morgan fingerprint density at radius 2 is 1.80 bits per heavy atom. The van der Waals surface area contributed by atoms with E-state index in [4.69, 9.17) is 11.6 Å². The summed E-state index contributed by atoms with van der Waals surface area (Å²) in [5.41, 5.74) is 2.88. The summed E-state index contributed by atoms with van der Waals surface area (Å²) in [6, 6.07) is 22.3. The van der Waals surface area contributed by atoms with Gasteiger partial charge in [0.25, 0.3) is 5.91 Å². The van der Waals surface area contributed by atoms with E-state index in [1.54, 1.807) is 41.9 Å². The maximum atomic E-state index is 15.0. The normalized spacial score (nSPS) is 14.9. The van der Waals surface area contributed by atoms with Crippen LogP contribution in [0.3, 0.4) is 0 Å². The predicted octanol–water partition coefficient (Wildman–Crippen LogP) is 6.29. The van der Waals surface area contributed by atoms with Crippen molar-refractivity contribution in [2.45, 2.75) is 23.9 Å². The van der Waals surface area contributed by atoms with Gasteiger partial charge in [0.15, 0.2) is 0 Å². The van der Waals surface area contributed by atoms with E-state index in [0.29, 0.717) is 44.4 Å². The Kier molecular flexibility index (Phi) is 6.57. The Balaban J connectivity index is 1.51. The first-order valence-electron chi connectivity index (χ1n) is 10.9. The smallest absolute Gasteiger partial charge is 0.255 e. The van der Waals surface area contributed by atoms with Crippen LogP contribution in [0.2, 0.25) is 5.02 Å². The predicted molar refractivity (Wildman–Crippen MR) is 137 cm³/mol. The number of amides is 1. The first-order chi connectivity index (χ1) is 17.0. The maximum absolute atomic E-state index is 15.0. The second-order valence-corrected chi connectivity index (χ2v) is 9.30. The van der Waals surface area contributed by atoms with Crippen LogP contribution in [0.15, 0.2) is 95.3 Å². The number of aromatic nitrogens is 3. The molecule has 176 valence electrons. The van der Waals surface area contributed by atoms with Crippen molar-refractivity contribution in [2.24, 2.45) is 0 Å². The van der Waals surface area contributed by atoms with E-state index in [9.17, 15) is 4.79 Å². The third-order valence-corrected chi connectivity index (χ3v) is 6.88. The molecule has 0 fully saturated rings. The fraction of sp³-hybridized carbons (Fsp3) is 0.115. The van der Waals surface area contributed by atoms with Crippen molar-refractivity contribution in [3.8, 4) is 0 Å². The van der Waals surface area contributed by atoms with Crippen molar-refractivity contribution in [2.75, 3.05) is 10.6 Å². The standard InChI is InChI=1S/C26H21ClFN5OS/c1-16-22(24(34)30-18-10-3-2-4-11-18)23(19-12-6-8-14-21(19)28)33-25(29-16)31-26(32-33)35-15-17-9-5-7-13-20(17)27/h2-14,23H,15H2,1H3,(H,30,34)(H,29,31,32). The number of hydrogen-bond acceptors (Lipinski definition) is 5. The number of halogens is 2. The van der Waals surface area contributed by atoms with E-state index in [0.717, 1.165) is 5.56 Å². The molecule has 3 aromatic carbocycles. The second-order valence-electron chi connectivity index (χ2n) is 7.95. The molecule has 5 rings (SSSR count). The number of hydrogen-bond donors (Lipinski definition) is 2. The summed E-state index contributed by atoms with van der Waals surface area (Å²) in [7, 11) is 0. The number of allylic oxidation sites excluding steroid dienone is 1. The van der Waals surface area contributed by atoms with Gasteiger partial charge in [-0.1, -0.05) is 78.0 Å². The number of carbonyl (C=O) groups excluding carboxylic acids is 1. The minimum atomic E-state index is -0.793. The van der Waals surface area contributed by atoms with Crippen LogP contribution in [0.1, 0.15) is 24.1 Å². The molecule has 1 atom stereocenters. The molecule has 1 aliphatic heterocycles. The van der Waals surface area contributed by atoms with Gasteiger partial charge in [-0.25, -0.2) is 9.07 Å². The van der Waals surface area contributed by atoms with Gasteiger partial charge in [-0.3, -0.25) is 4.79 Å². The third-order valence-electron chi connectivity index (χ3n) is 5.62. The Morgan fingerprint density at radius 1 is 1.09 bits per heavy atom. The highest BCUT2D eigenvalue weighted by atomic mass is 35.5. The number of anilines is 2. The van der Waals surface area contributed by atoms with Crippen LogP contribution in [0.4, 0.5) is 16.0 Å². The van der Waals surface area contributed by atoms with Crippen LogP contribution in [-0.4, -0.2) is 20.7 Å². The van der Waals surface area contributed by atoms with Gasteiger partial charge in [0.2, 0.25) is 11.1 Å². The molecule has 9 heteroatoms. The zero-order valence-corrected chi connectivity index (χ0v) is 20.3. The number of carbonyl (C=O) groups is 1. The molecule has 1 amide bonds. The molecule has 0 aliphatic carbocycles. The van der Waals surface area contributed by atoms with Gasteiger partial charge in [-0.2, -0.15) is 4.98 Å². The van der Waals surface area contributed by atoms with Gasteiger partial charge >= 0.3 is 0 Å². The van der Waals surface area contributed by atoms with E-state index >= 15 is 4.39 Å². The van der Waals surface area contributed by atoms with Crippen molar-refractivity contribution in [1.82, 2.24) is 14.8 Å². The summed E-state index contributed by atoms with van der Waals surface area (Å²) < 4.78 is 16.6. The lowest BCUT2D eigenvalue weighted by Crippen LogP contribution is -2.32. The molecule has 35 heavy (non-hydrogen) atoms. The molecule has 2 N–H and O–H groups in total. The molecule has 0 saturated carbocycles. The minimum absolute atomic E-state index is 0.334. The first kappa shape index (κ1) is 23.1. The number of fused-ring (bicyclic) bond motifs is 1. The lowest BCUT2D eigenvalue weighted by molar-refractivity contribution is -0.113. The largest absolute Gasteiger partial charge is 0.328 e. The SMILES string of the molecule is CC1=C(C(=O)Nc2ccccc2)C(c2ccccc2F)n2nc(SCc3ccccc3Cl)nc2N1. The van der Waals surface area contributed by atoms with Crippen molar-refractivity contribution in [1.29, 1.82) is 0 Å². The Morgan fingerprint density at radius 3 is 2.57 bits per heavy atom. The van der Waals surface area contributed by atoms with Crippen molar-refractivity contribution < 1.29 is 9.18 Å². The molecule has 0 radical (unpaired) electrons. The van der Waals surface area contributed by atoms with E-state index in [2.05, 4.69) is 20.7 Å². The van der Waals surface area contributed by atoms with Crippen LogP contribution >= 0.6 is 23.4 Å². The fourth-order valence-corrected chi connectivity index (χ4v) is 5.06. The van der Waals surface area contributed by atoms with Crippen molar-refractivity contribution in [3.05, 3.63) is 112 Å². The quantitative estimate of drug-likeness (QED) is 0.301. The van der Waals surface area contributed by atoms with Gasteiger partial charge in [0.1, 0.15) is 11.9 Å². The van der Waals surface area contributed by atoms with Crippen LogP contribution in [0.5, 0.6) is 0 Å². The molecule has 4 aromatic rings. The monoisotopic (exact) mass is 505 g/mol. The van der Waals surface area contributed by atoms with Gasteiger partial charge in [0.05, 0.1) is 5.57 Å². The summed E-state index contributed by atoms with van der Waals surface area (Å²) in [5, 5.41) is 11.9. The summed E-state index contributed by atoms with van der Waals surface area (Å²) in [4.78, 5) is 18.0. The van der Waals surface area contributed by atoms with E-state index < -0.39 is 11.9 Å². The average Bonchev–Trinajstić information content (AvgIpc) is 3.26. The van der Waals surface area contributed by atoms with Crippen LogP contribution in [-0.2, 0) is 10.5 Å². The van der Waals surface area contributed by atoms with E-state index in [-0.39, 0.29) is 5.91 Å². The van der Waals surface area contributed by atoms with Gasteiger partial charge in [0, 0.05) is 27.7 Å². The molecular weight excluding hydrogens is 485 g/mol. The maximum Gasteiger partial charge on any atom is 0.255 e. The van der Waals surface area contributed by atoms with E-state index in [1.807, 2.05) is 42.5 Å². The highest BCUT2D eigenvalue weighted by Gasteiger charge is 2.35. The number of benzene rings is 3. The lowest BCUT2D eigenvalue weighted by atomic mass is 9.94. The Labute approximate surface area is 211 Å². The average molecular weight is 506 g/mol. The topological polar surface area (TPSA) is 71.8 Å². The first-order valence-corrected chi connectivity index (χ1v) is 12.3. The molecule has 0 spiro atoms. The van der Waals surface area contributed by atoms with Crippen LogP contribution < -0.4 is 10.6 Å². The highest BCUT2D eigenvalue weighted by Crippen LogP contribution is 2.38. The molecule has 6 nitrogen and oxygen atoms in total. The summed E-state index contributed by atoms with van der Waals surface area (Å²) in [5.74, 6) is 0.236. The Bertz CT molecular complexity index is 1420. The van der Waals surface area contributed by atoms with Gasteiger partial charge in [-0.15, -0.1) is 5.10 Å². The molecule has 0 saturated heterocycles. The van der Waals surface area contributed by atoms with Gasteiger partial charge < -0.3 is 10.6 Å². The molecule has 1 unspecified atom stereocenters. The Hall–Kier alpha value is -3.62. The zero-order chi connectivity index (χ0) is 24.4. The summed E-state index contributed by atoms with van der Waals surface area (Å²) in [6.45, 7) is 1.78.